The number of halogens is 3. The van der Waals surface area contributed by atoms with Crippen LogP contribution in [0.5, 0.6) is 0 Å². The third-order valence-corrected chi connectivity index (χ3v) is 6.58. The minimum atomic E-state index is 0.184. The van der Waals surface area contributed by atoms with Gasteiger partial charge in [-0.3, -0.25) is 0 Å². The Hall–Kier alpha value is -2.24. The summed E-state index contributed by atoms with van der Waals surface area (Å²) >= 11 is 20.0. The highest BCUT2D eigenvalue weighted by Gasteiger charge is 2.08. The Labute approximate surface area is 200 Å². The van der Waals surface area contributed by atoms with Gasteiger partial charge in [0.2, 0.25) is 0 Å². The Morgan fingerprint density at radius 1 is 0.903 bits per heavy atom. The van der Waals surface area contributed by atoms with E-state index in [-0.39, 0.29) is 6.61 Å². The maximum atomic E-state index is 6.19. The summed E-state index contributed by atoms with van der Waals surface area (Å²) in [4.78, 5) is 10.3. The molecular formula is C24H17Cl3N2OS. The largest absolute Gasteiger partial charge is 0.391 e. The van der Waals surface area contributed by atoms with Crippen LogP contribution in [0.2, 0.25) is 15.1 Å². The monoisotopic (exact) mass is 486 g/mol. The van der Waals surface area contributed by atoms with Gasteiger partial charge in [0.05, 0.1) is 11.7 Å². The molecule has 0 atom stereocenters. The van der Waals surface area contributed by atoms with Gasteiger partial charge >= 0.3 is 0 Å². The topological polar surface area (TPSA) is 34.5 Å². The number of aromatic nitrogens is 1. The highest BCUT2D eigenvalue weighted by molar-refractivity contribution is 7.98. The van der Waals surface area contributed by atoms with E-state index in [1.165, 1.54) is 0 Å². The zero-order valence-corrected chi connectivity index (χ0v) is 19.3. The van der Waals surface area contributed by atoms with Gasteiger partial charge in [0.1, 0.15) is 11.6 Å². The summed E-state index contributed by atoms with van der Waals surface area (Å²) in [6.07, 6.45) is 1.67. The van der Waals surface area contributed by atoms with Crippen LogP contribution in [0, 0.1) is 0 Å². The number of fused-ring (bicyclic) bond motifs is 1. The molecule has 0 bridgehead atoms. The molecule has 0 aliphatic rings. The molecule has 0 aliphatic heterocycles. The number of hydrogen-bond donors (Lipinski definition) is 0. The van der Waals surface area contributed by atoms with E-state index >= 15 is 0 Å². The van der Waals surface area contributed by atoms with Crippen molar-refractivity contribution in [3.05, 3.63) is 105 Å². The summed E-state index contributed by atoms with van der Waals surface area (Å²) in [7, 11) is 0. The van der Waals surface area contributed by atoms with Crippen molar-refractivity contribution in [2.75, 3.05) is 0 Å². The van der Waals surface area contributed by atoms with Crippen LogP contribution in [0.4, 0.5) is 0 Å². The van der Waals surface area contributed by atoms with Gasteiger partial charge in [0.15, 0.2) is 0 Å². The van der Waals surface area contributed by atoms with Crippen LogP contribution in [0.25, 0.3) is 10.9 Å². The van der Waals surface area contributed by atoms with E-state index in [0.717, 1.165) is 37.8 Å². The number of hydrogen-bond acceptors (Lipinski definition) is 4. The van der Waals surface area contributed by atoms with Gasteiger partial charge in [-0.05, 0) is 42.0 Å². The normalized spacial score (nSPS) is 11.3. The first-order valence-electron chi connectivity index (χ1n) is 9.45. The van der Waals surface area contributed by atoms with E-state index in [2.05, 4.69) is 11.2 Å². The van der Waals surface area contributed by atoms with Gasteiger partial charge in [-0.25, -0.2) is 4.98 Å². The van der Waals surface area contributed by atoms with Crippen LogP contribution in [0.15, 0.2) is 83.0 Å². The molecule has 0 radical (unpaired) electrons. The molecule has 0 saturated carbocycles. The zero-order chi connectivity index (χ0) is 21.6. The van der Waals surface area contributed by atoms with Crippen LogP contribution in [0.3, 0.4) is 0 Å². The molecule has 0 unspecified atom stereocenters. The Morgan fingerprint density at radius 3 is 2.42 bits per heavy atom. The van der Waals surface area contributed by atoms with E-state index in [9.17, 15) is 0 Å². The van der Waals surface area contributed by atoms with Crippen molar-refractivity contribution in [1.29, 1.82) is 0 Å². The standard InChI is InChI=1S/C24H17Cl3N2OS/c25-19-10-8-16(9-11-19)15-31-24-18(12-17-4-1-2-7-23(17)29-24)13-28-30-14-20-21(26)5-3-6-22(20)27/h1-13H,14-15H2/b28-13+. The van der Waals surface area contributed by atoms with Gasteiger partial charge in [-0.15, -0.1) is 11.8 Å². The Kier molecular flexibility index (Phi) is 7.36. The number of para-hydroxylation sites is 1. The first-order chi connectivity index (χ1) is 15.1. The molecule has 7 heteroatoms. The van der Waals surface area contributed by atoms with Crippen molar-refractivity contribution < 1.29 is 4.84 Å². The molecule has 0 fully saturated rings. The SMILES string of the molecule is Clc1ccc(CSc2nc3ccccc3cc2/C=N/OCc2c(Cl)cccc2Cl)cc1. The van der Waals surface area contributed by atoms with Crippen molar-refractivity contribution >= 4 is 63.7 Å². The van der Waals surface area contributed by atoms with E-state index < -0.39 is 0 Å². The molecule has 0 spiro atoms. The lowest BCUT2D eigenvalue weighted by Crippen LogP contribution is -1.95. The summed E-state index contributed by atoms with van der Waals surface area (Å²) in [6.45, 7) is 0.184. The third kappa shape index (κ3) is 5.72. The molecule has 1 aromatic heterocycles. The molecular weight excluding hydrogens is 471 g/mol. The fraction of sp³-hybridized carbons (Fsp3) is 0.0833. The molecule has 0 amide bonds. The molecule has 4 rings (SSSR count). The number of rotatable bonds is 7. The summed E-state index contributed by atoms with van der Waals surface area (Å²) in [5, 5.41) is 7.87. The predicted molar refractivity (Wildman–Crippen MR) is 132 cm³/mol. The third-order valence-electron chi connectivity index (χ3n) is 4.54. The van der Waals surface area contributed by atoms with Crippen LogP contribution in [-0.4, -0.2) is 11.2 Å². The van der Waals surface area contributed by atoms with Gasteiger partial charge in [0.25, 0.3) is 0 Å². The van der Waals surface area contributed by atoms with Gasteiger partial charge < -0.3 is 4.84 Å². The van der Waals surface area contributed by atoms with Crippen molar-refractivity contribution in [3.8, 4) is 0 Å². The van der Waals surface area contributed by atoms with Crippen molar-refractivity contribution in [2.24, 2.45) is 5.16 Å². The molecule has 3 aromatic carbocycles. The fourth-order valence-electron chi connectivity index (χ4n) is 2.92. The molecule has 156 valence electrons. The summed E-state index contributed by atoms with van der Waals surface area (Å²) in [6, 6.07) is 23.2. The van der Waals surface area contributed by atoms with Gasteiger partial charge in [-0.1, -0.05) is 76.4 Å². The molecule has 3 nitrogen and oxygen atoms in total. The van der Waals surface area contributed by atoms with Gasteiger partial charge in [0, 0.05) is 37.3 Å². The molecule has 31 heavy (non-hydrogen) atoms. The smallest absolute Gasteiger partial charge is 0.145 e. The minimum absolute atomic E-state index is 0.184. The predicted octanol–water partition coefficient (Wildman–Crippen LogP) is 8.04. The lowest BCUT2D eigenvalue weighted by atomic mass is 10.2. The molecule has 0 saturated heterocycles. The van der Waals surface area contributed by atoms with Crippen LogP contribution >= 0.6 is 46.6 Å². The second-order valence-electron chi connectivity index (χ2n) is 6.70. The van der Waals surface area contributed by atoms with Crippen molar-refractivity contribution in [3.63, 3.8) is 0 Å². The van der Waals surface area contributed by atoms with E-state index in [1.807, 2.05) is 48.5 Å². The van der Waals surface area contributed by atoms with E-state index in [0.29, 0.717) is 15.6 Å². The minimum Gasteiger partial charge on any atom is -0.391 e. The Balaban J connectivity index is 1.54. The Morgan fingerprint density at radius 2 is 1.65 bits per heavy atom. The zero-order valence-electron chi connectivity index (χ0n) is 16.3. The van der Waals surface area contributed by atoms with E-state index in [4.69, 9.17) is 44.6 Å². The quantitative estimate of drug-likeness (QED) is 0.150. The number of thioether (sulfide) groups is 1. The highest BCUT2D eigenvalue weighted by Crippen LogP contribution is 2.28. The average Bonchev–Trinajstić information content (AvgIpc) is 2.77. The lowest BCUT2D eigenvalue weighted by Gasteiger charge is -2.08. The number of oxime groups is 1. The maximum absolute atomic E-state index is 6.19. The first kappa shape index (κ1) is 22.0. The Bertz CT molecular complexity index is 1210. The number of nitrogens with zero attached hydrogens (tertiary/aromatic N) is 2. The number of benzene rings is 3. The first-order valence-corrected chi connectivity index (χ1v) is 11.6. The van der Waals surface area contributed by atoms with Crippen LogP contribution < -0.4 is 0 Å². The molecule has 1 heterocycles. The lowest BCUT2D eigenvalue weighted by molar-refractivity contribution is 0.132. The highest BCUT2D eigenvalue weighted by atomic mass is 35.5. The molecule has 0 N–H and O–H groups in total. The van der Waals surface area contributed by atoms with Crippen LogP contribution in [-0.2, 0) is 17.2 Å². The van der Waals surface area contributed by atoms with Crippen molar-refractivity contribution in [2.45, 2.75) is 17.4 Å². The summed E-state index contributed by atoms with van der Waals surface area (Å²) < 4.78 is 0. The van der Waals surface area contributed by atoms with Crippen LogP contribution in [0.1, 0.15) is 16.7 Å². The van der Waals surface area contributed by atoms with Gasteiger partial charge in [-0.2, -0.15) is 0 Å². The summed E-state index contributed by atoms with van der Waals surface area (Å²) in [5.41, 5.74) is 3.68. The summed E-state index contributed by atoms with van der Waals surface area (Å²) in [5.74, 6) is 0.763. The number of pyridine rings is 1. The second kappa shape index (κ2) is 10.4. The van der Waals surface area contributed by atoms with E-state index in [1.54, 1.807) is 36.2 Å². The average molecular weight is 488 g/mol. The molecule has 4 aromatic rings. The molecule has 0 aliphatic carbocycles. The second-order valence-corrected chi connectivity index (χ2v) is 8.91. The fourth-order valence-corrected chi connectivity index (χ4v) is 4.49. The maximum Gasteiger partial charge on any atom is 0.145 e. The van der Waals surface area contributed by atoms with Crippen molar-refractivity contribution in [1.82, 2.24) is 4.98 Å².